The van der Waals surface area contributed by atoms with Gasteiger partial charge in [0.15, 0.2) is 0 Å². The number of rotatable bonds is 3. The van der Waals surface area contributed by atoms with Gasteiger partial charge in [0, 0.05) is 4.88 Å². The van der Waals surface area contributed by atoms with Gasteiger partial charge in [-0.2, -0.15) is 0 Å². The van der Waals surface area contributed by atoms with Crippen molar-refractivity contribution in [3.8, 4) is 0 Å². The van der Waals surface area contributed by atoms with Gasteiger partial charge in [0.2, 0.25) is 0 Å². The molecule has 0 aliphatic carbocycles. The lowest BCUT2D eigenvalue weighted by molar-refractivity contribution is 0.0606. The number of methoxy groups -OCH3 is 1. The lowest BCUT2D eigenvalue weighted by atomic mass is 10.4. The number of carbonyl (C=O) groups is 1. The zero-order valence-corrected chi connectivity index (χ0v) is 10.2. The minimum atomic E-state index is -0.340. The van der Waals surface area contributed by atoms with Crippen molar-refractivity contribution >= 4 is 40.8 Å². The molecule has 3 nitrogen and oxygen atoms in total. The van der Waals surface area contributed by atoms with Crippen molar-refractivity contribution in [1.29, 1.82) is 0 Å². The van der Waals surface area contributed by atoms with Crippen LogP contribution in [0, 0.1) is 0 Å². The molecule has 0 aliphatic heterocycles. The molecule has 2 aromatic rings. The molecule has 0 amide bonds. The van der Waals surface area contributed by atoms with Crippen LogP contribution in [-0.2, 0) is 4.74 Å². The number of esters is 1. The summed E-state index contributed by atoms with van der Waals surface area (Å²) < 4.78 is 4.61. The van der Waals surface area contributed by atoms with Gasteiger partial charge >= 0.3 is 5.97 Å². The van der Waals surface area contributed by atoms with Crippen molar-refractivity contribution in [2.24, 2.45) is 0 Å². The Morgan fingerprint density at radius 1 is 1.50 bits per heavy atom. The molecule has 16 heavy (non-hydrogen) atoms. The lowest BCUT2D eigenvalue weighted by Crippen LogP contribution is -1.96. The quantitative estimate of drug-likeness (QED) is 0.787. The van der Waals surface area contributed by atoms with Gasteiger partial charge in [-0.25, -0.2) is 9.78 Å². The van der Waals surface area contributed by atoms with Crippen molar-refractivity contribution in [2.45, 2.75) is 0 Å². The van der Waals surface area contributed by atoms with Gasteiger partial charge in [-0.3, -0.25) is 0 Å². The number of carbonyl (C=O) groups excluding carboxylic acids is 1. The predicted molar refractivity (Wildman–Crippen MR) is 66.7 cm³/mol. The van der Waals surface area contributed by atoms with E-state index in [9.17, 15) is 4.79 Å². The Bertz CT molecular complexity index is 500. The third kappa shape index (κ3) is 2.56. The average molecular weight is 251 g/mol. The van der Waals surface area contributed by atoms with Crippen molar-refractivity contribution < 1.29 is 9.53 Å². The minimum Gasteiger partial charge on any atom is -0.465 e. The van der Waals surface area contributed by atoms with Crippen LogP contribution in [0.1, 0.15) is 19.6 Å². The third-order valence-corrected chi connectivity index (χ3v) is 3.62. The van der Waals surface area contributed by atoms with E-state index in [1.165, 1.54) is 24.6 Å². The Kier molecular flexibility index (Phi) is 3.48. The average Bonchev–Trinajstić information content (AvgIpc) is 2.96. The van der Waals surface area contributed by atoms with E-state index < -0.39 is 0 Å². The van der Waals surface area contributed by atoms with E-state index >= 15 is 0 Å². The highest BCUT2D eigenvalue weighted by atomic mass is 32.1. The van der Waals surface area contributed by atoms with Crippen LogP contribution >= 0.6 is 22.7 Å². The van der Waals surface area contributed by atoms with Crippen LogP contribution in [0.15, 0.2) is 23.7 Å². The molecule has 0 spiro atoms. The summed E-state index contributed by atoms with van der Waals surface area (Å²) in [4.78, 5) is 17.0. The zero-order chi connectivity index (χ0) is 11.4. The summed E-state index contributed by atoms with van der Waals surface area (Å²) >= 11 is 2.98. The second-order valence-corrected chi connectivity index (χ2v) is 4.94. The van der Waals surface area contributed by atoms with Crippen LogP contribution in [-0.4, -0.2) is 18.1 Å². The maximum Gasteiger partial charge on any atom is 0.349 e. The van der Waals surface area contributed by atoms with Gasteiger partial charge in [0.1, 0.15) is 9.88 Å². The number of thiazole rings is 1. The number of thiophene rings is 1. The van der Waals surface area contributed by atoms with Crippen LogP contribution in [0.3, 0.4) is 0 Å². The summed E-state index contributed by atoms with van der Waals surface area (Å²) in [6.07, 6.45) is 5.40. The molecular weight excluding hydrogens is 242 g/mol. The molecule has 82 valence electrons. The van der Waals surface area contributed by atoms with Crippen LogP contribution in [0.2, 0.25) is 0 Å². The normalized spacial score (nSPS) is 10.8. The number of ether oxygens (including phenoxy) is 1. The van der Waals surface area contributed by atoms with Gasteiger partial charge in [-0.05, 0) is 23.6 Å². The first-order valence-corrected chi connectivity index (χ1v) is 6.25. The molecule has 0 saturated carbocycles. The Morgan fingerprint density at radius 2 is 2.38 bits per heavy atom. The first-order valence-electron chi connectivity index (χ1n) is 4.55. The summed E-state index contributed by atoms with van der Waals surface area (Å²) in [5, 5.41) is 2.82. The van der Waals surface area contributed by atoms with Crippen molar-refractivity contribution in [3.63, 3.8) is 0 Å². The highest BCUT2D eigenvalue weighted by molar-refractivity contribution is 7.14. The fourth-order valence-corrected chi connectivity index (χ4v) is 2.46. The van der Waals surface area contributed by atoms with Crippen LogP contribution < -0.4 is 0 Å². The molecule has 0 unspecified atom stereocenters. The van der Waals surface area contributed by atoms with Crippen LogP contribution in [0.5, 0.6) is 0 Å². The lowest BCUT2D eigenvalue weighted by Gasteiger charge is -1.90. The fraction of sp³-hybridized carbons (Fsp3) is 0.0909. The topological polar surface area (TPSA) is 39.2 Å². The zero-order valence-electron chi connectivity index (χ0n) is 8.54. The van der Waals surface area contributed by atoms with E-state index in [4.69, 9.17) is 0 Å². The molecule has 0 aromatic carbocycles. The predicted octanol–water partition coefficient (Wildman–Crippen LogP) is 3.16. The van der Waals surface area contributed by atoms with Crippen molar-refractivity contribution in [2.75, 3.05) is 7.11 Å². The molecule has 2 heterocycles. The molecule has 0 radical (unpaired) electrons. The molecular formula is C11H9NO2S2. The smallest absolute Gasteiger partial charge is 0.349 e. The van der Waals surface area contributed by atoms with Gasteiger partial charge in [0.25, 0.3) is 0 Å². The Labute approximate surface area is 101 Å². The molecule has 0 N–H and O–H groups in total. The molecule has 2 rings (SSSR count). The van der Waals surface area contributed by atoms with Crippen molar-refractivity contribution in [3.05, 3.63) is 38.5 Å². The molecule has 0 aliphatic rings. The van der Waals surface area contributed by atoms with Crippen LogP contribution in [0.25, 0.3) is 12.2 Å². The number of hydrogen-bond donors (Lipinski definition) is 0. The molecule has 5 heteroatoms. The van der Waals surface area contributed by atoms with E-state index in [1.54, 1.807) is 11.3 Å². The maximum atomic E-state index is 11.2. The number of nitrogens with zero attached hydrogens (tertiary/aromatic N) is 1. The molecule has 2 aromatic heterocycles. The third-order valence-electron chi connectivity index (χ3n) is 1.84. The second-order valence-electron chi connectivity index (χ2n) is 2.90. The van der Waals surface area contributed by atoms with Gasteiger partial charge in [0.05, 0.1) is 13.3 Å². The summed E-state index contributed by atoms with van der Waals surface area (Å²) in [5.41, 5.74) is 0. The van der Waals surface area contributed by atoms with E-state index in [1.807, 2.05) is 29.7 Å². The standard InChI is InChI=1S/C11H9NO2S2/c1-14-11(13)9-7-12-10(16-9)5-4-8-3-2-6-15-8/h2-7H,1H3/b5-4+. The molecule has 0 fully saturated rings. The maximum absolute atomic E-state index is 11.2. The van der Waals surface area contributed by atoms with Crippen molar-refractivity contribution in [1.82, 2.24) is 4.98 Å². The Balaban J connectivity index is 2.11. The van der Waals surface area contributed by atoms with Crippen LogP contribution in [0.4, 0.5) is 0 Å². The summed E-state index contributed by atoms with van der Waals surface area (Å²) in [6, 6.07) is 4.02. The first kappa shape index (κ1) is 11.0. The molecule has 0 bridgehead atoms. The fourth-order valence-electron chi connectivity index (χ4n) is 1.10. The van der Waals surface area contributed by atoms with E-state index in [2.05, 4.69) is 9.72 Å². The summed E-state index contributed by atoms with van der Waals surface area (Å²) in [5.74, 6) is -0.340. The van der Waals surface area contributed by atoms with E-state index in [0.29, 0.717) is 4.88 Å². The molecule has 0 atom stereocenters. The molecule has 0 saturated heterocycles. The Hall–Kier alpha value is -1.46. The van der Waals surface area contributed by atoms with Gasteiger partial charge in [-0.1, -0.05) is 6.07 Å². The number of aromatic nitrogens is 1. The largest absolute Gasteiger partial charge is 0.465 e. The van der Waals surface area contributed by atoms with Gasteiger partial charge < -0.3 is 4.74 Å². The minimum absolute atomic E-state index is 0.340. The van der Waals surface area contributed by atoms with E-state index in [-0.39, 0.29) is 5.97 Å². The monoisotopic (exact) mass is 251 g/mol. The summed E-state index contributed by atoms with van der Waals surface area (Å²) in [6.45, 7) is 0. The van der Waals surface area contributed by atoms with Gasteiger partial charge in [-0.15, -0.1) is 22.7 Å². The highest BCUT2D eigenvalue weighted by Gasteiger charge is 2.08. The van der Waals surface area contributed by atoms with E-state index in [0.717, 1.165) is 9.88 Å². The second kappa shape index (κ2) is 5.05. The SMILES string of the molecule is COC(=O)c1cnc(/C=C/c2cccs2)s1. The number of hydrogen-bond acceptors (Lipinski definition) is 5. The highest BCUT2D eigenvalue weighted by Crippen LogP contribution is 2.18. The summed E-state index contributed by atoms with van der Waals surface area (Å²) in [7, 11) is 1.36. The first-order chi connectivity index (χ1) is 7.79. The Morgan fingerprint density at radius 3 is 3.06 bits per heavy atom.